The number of hydrogen-bond donors (Lipinski definition) is 0. The van der Waals surface area contributed by atoms with Gasteiger partial charge in [0.1, 0.15) is 0 Å². The molecule has 0 atom stereocenters. The highest BCUT2D eigenvalue weighted by molar-refractivity contribution is 6.01. The van der Waals surface area contributed by atoms with Gasteiger partial charge in [-0.15, -0.1) is 0 Å². The molecule has 2 aromatic carbocycles. The molecular weight excluding hydrogens is 248 g/mol. The molecule has 1 heterocycles. The Morgan fingerprint density at radius 2 is 1.35 bits per heavy atom. The summed E-state index contributed by atoms with van der Waals surface area (Å²) < 4.78 is 0. The number of benzene rings is 2. The molecule has 0 saturated heterocycles. The molecule has 2 amide bonds. The first-order valence-corrected chi connectivity index (χ1v) is 6.85. The van der Waals surface area contributed by atoms with Crippen molar-refractivity contribution in [1.29, 1.82) is 0 Å². The van der Waals surface area contributed by atoms with Crippen molar-refractivity contribution in [2.24, 2.45) is 0 Å². The third-order valence-electron chi connectivity index (χ3n) is 3.70. The summed E-state index contributed by atoms with van der Waals surface area (Å²) in [5.41, 5.74) is 4.44. The lowest BCUT2D eigenvalue weighted by Crippen LogP contribution is -2.36. The highest BCUT2D eigenvalue weighted by Gasteiger charge is 2.26. The molecule has 0 aliphatic carbocycles. The Bertz CT molecular complexity index is 601. The van der Waals surface area contributed by atoms with Gasteiger partial charge in [-0.1, -0.05) is 36.4 Å². The Balaban J connectivity index is 2.21. The number of para-hydroxylation sites is 2. The minimum absolute atomic E-state index is 0.00759. The molecule has 0 N–H and O–H groups in total. The van der Waals surface area contributed by atoms with E-state index in [2.05, 4.69) is 12.1 Å². The zero-order chi connectivity index (χ0) is 14.1. The van der Waals surface area contributed by atoms with Crippen LogP contribution in [-0.4, -0.2) is 25.0 Å². The summed E-state index contributed by atoms with van der Waals surface area (Å²) in [4.78, 5) is 16.1. The smallest absolute Gasteiger partial charge is 0.328 e. The van der Waals surface area contributed by atoms with Gasteiger partial charge in [-0.2, -0.15) is 0 Å². The normalized spacial score (nSPS) is 13.2. The van der Waals surface area contributed by atoms with Crippen LogP contribution < -0.4 is 4.90 Å². The number of rotatable bonds is 0. The fraction of sp³-hybridized carbons (Fsp3) is 0.235. The van der Waals surface area contributed by atoms with Crippen molar-refractivity contribution in [3.8, 4) is 0 Å². The van der Waals surface area contributed by atoms with Gasteiger partial charge in [-0.05, 0) is 36.1 Å². The van der Waals surface area contributed by atoms with E-state index in [1.54, 1.807) is 19.0 Å². The van der Waals surface area contributed by atoms with Crippen molar-refractivity contribution in [3.05, 3.63) is 59.7 Å². The Morgan fingerprint density at radius 3 is 1.80 bits per heavy atom. The summed E-state index contributed by atoms with van der Waals surface area (Å²) in [6.45, 7) is 0. The largest absolute Gasteiger partial charge is 0.330 e. The van der Waals surface area contributed by atoms with Gasteiger partial charge in [0.15, 0.2) is 0 Å². The molecule has 0 unspecified atom stereocenters. The number of aryl methyl sites for hydroxylation is 2. The van der Waals surface area contributed by atoms with Crippen LogP contribution in [0.25, 0.3) is 0 Å². The number of amides is 2. The van der Waals surface area contributed by atoms with Crippen LogP contribution in [-0.2, 0) is 12.8 Å². The molecule has 0 aromatic heterocycles. The lowest BCUT2D eigenvalue weighted by atomic mass is 10.0. The molecular formula is C17H18N2O. The second-order valence-corrected chi connectivity index (χ2v) is 5.27. The second-order valence-electron chi connectivity index (χ2n) is 5.27. The third kappa shape index (κ3) is 2.05. The van der Waals surface area contributed by atoms with Gasteiger partial charge in [-0.3, -0.25) is 4.90 Å². The molecule has 3 heteroatoms. The van der Waals surface area contributed by atoms with Gasteiger partial charge in [-0.25, -0.2) is 4.79 Å². The van der Waals surface area contributed by atoms with Crippen LogP contribution in [0.15, 0.2) is 48.5 Å². The summed E-state index contributed by atoms with van der Waals surface area (Å²) in [7, 11) is 3.58. The van der Waals surface area contributed by atoms with Gasteiger partial charge in [0, 0.05) is 14.1 Å². The number of carbonyl (C=O) groups excluding carboxylic acids is 1. The molecule has 0 saturated carbocycles. The quantitative estimate of drug-likeness (QED) is 0.714. The highest BCUT2D eigenvalue weighted by atomic mass is 16.2. The van der Waals surface area contributed by atoms with E-state index in [1.807, 2.05) is 41.3 Å². The zero-order valence-corrected chi connectivity index (χ0v) is 11.8. The Hall–Kier alpha value is -2.29. The average molecular weight is 266 g/mol. The lowest BCUT2D eigenvalue weighted by molar-refractivity contribution is 0.226. The van der Waals surface area contributed by atoms with Crippen LogP contribution in [0.2, 0.25) is 0 Å². The minimum Gasteiger partial charge on any atom is -0.330 e. The van der Waals surface area contributed by atoms with E-state index in [1.165, 1.54) is 11.1 Å². The molecule has 20 heavy (non-hydrogen) atoms. The SMILES string of the molecule is CN(C)C(=O)N1c2ccccc2CCc2ccccc21. The first-order chi connectivity index (χ1) is 9.68. The second kappa shape index (κ2) is 5.00. The van der Waals surface area contributed by atoms with Crippen LogP contribution in [0.4, 0.5) is 16.2 Å². The predicted molar refractivity (Wildman–Crippen MR) is 81.5 cm³/mol. The van der Waals surface area contributed by atoms with Crippen LogP contribution in [0, 0.1) is 0 Å². The van der Waals surface area contributed by atoms with E-state index in [0.29, 0.717) is 0 Å². The molecule has 1 aliphatic heterocycles. The van der Waals surface area contributed by atoms with Crippen molar-refractivity contribution in [2.45, 2.75) is 12.8 Å². The van der Waals surface area contributed by atoms with Crippen LogP contribution in [0.5, 0.6) is 0 Å². The van der Waals surface area contributed by atoms with Crippen LogP contribution in [0.3, 0.4) is 0 Å². The molecule has 2 aromatic rings. The number of anilines is 2. The Labute approximate surface area is 119 Å². The number of fused-ring (bicyclic) bond motifs is 2. The Morgan fingerprint density at radius 1 is 0.900 bits per heavy atom. The molecule has 3 rings (SSSR count). The van der Waals surface area contributed by atoms with Crippen LogP contribution in [0.1, 0.15) is 11.1 Å². The topological polar surface area (TPSA) is 23.6 Å². The molecule has 0 fully saturated rings. The summed E-state index contributed by atoms with van der Waals surface area (Å²) in [6, 6.07) is 16.3. The highest BCUT2D eigenvalue weighted by Crippen LogP contribution is 2.36. The minimum atomic E-state index is -0.00759. The first-order valence-electron chi connectivity index (χ1n) is 6.85. The van der Waals surface area contributed by atoms with E-state index >= 15 is 0 Å². The molecule has 0 bridgehead atoms. The van der Waals surface area contributed by atoms with Gasteiger partial charge in [0.2, 0.25) is 0 Å². The molecule has 1 aliphatic rings. The molecule has 0 radical (unpaired) electrons. The van der Waals surface area contributed by atoms with E-state index in [-0.39, 0.29) is 6.03 Å². The standard InChI is InChI=1S/C17H18N2O/c1-18(2)17(20)19-15-9-5-3-7-13(15)11-12-14-8-4-6-10-16(14)19/h3-10H,11-12H2,1-2H3. The van der Waals surface area contributed by atoms with E-state index in [9.17, 15) is 4.79 Å². The number of nitrogens with zero attached hydrogens (tertiary/aromatic N) is 2. The van der Waals surface area contributed by atoms with Crippen molar-refractivity contribution < 1.29 is 4.79 Å². The van der Waals surface area contributed by atoms with Gasteiger partial charge >= 0.3 is 6.03 Å². The summed E-state index contributed by atoms with van der Waals surface area (Å²) in [5, 5.41) is 0. The van der Waals surface area contributed by atoms with E-state index < -0.39 is 0 Å². The maximum absolute atomic E-state index is 12.6. The summed E-state index contributed by atoms with van der Waals surface area (Å²) >= 11 is 0. The summed E-state index contributed by atoms with van der Waals surface area (Å²) in [5.74, 6) is 0. The Kier molecular flexibility index (Phi) is 3.18. The van der Waals surface area contributed by atoms with Crippen molar-refractivity contribution >= 4 is 17.4 Å². The monoisotopic (exact) mass is 266 g/mol. The maximum Gasteiger partial charge on any atom is 0.328 e. The average Bonchev–Trinajstić information content (AvgIpc) is 2.63. The molecule has 0 spiro atoms. The fourth-order valence-electron chi connectivity index (χ4n) is 2.69. The first kappa shape index (κ1) is 12.7. The summed E-state index contributed by atoms with van der Waals surface area (Å²) in [6.07, 6.45) is 1.93. The number of urea groups is 1. The molecule has 102 valence electrons. The van der Waals surface area contributed by atoms with E-state index in [4.69, 9.17) is 0 Å². The van der Waals surface area contributed by atoms with Gasteiger partial charge < -0.3 is 4.90 Å². The van der Waals surface area contributed by atoms with Gasteiger partial charge in [0.05, 0.1) is 11.4 Å². The number of hydrogen-bond acceptors (Lipinski definition) is 1. The van der Waals surface area contributed by atoms with Crippen molar-refractivity contribution in [2.75, 3.05) is 19.0 Å². The van der Waals surface area contributed by atoms with E-state index in [0.717, 1.165) is 24.2 Å². The van der Waals surface area contributed by atoms with Crippen molar-refractivity contribution in [1.82, 2.24) is 4.90 Å². The predicted octanol–water partition coefficient (Wildman–Crippen LogP) is 3.60. The van der Waals surface area contributed by atoms with Gasteiger partial charge in [0.25, 0.3) is 0 Å². The third-order valence-corrected chi connectivity index (χ3v) is 3.70. The zero-order valence-electron chi connectivity index (χ0n) is 11.8. The van der Waals surface area contributed by atoms with Crippen LogP contribution >= 0.6 is 0 Å². The maximum atomic E-state index is 12.6. The fourth-order valence-corrected chi connectivity index (χ4v) is 2.69. The number of carbonyl (C=O) groups is 1. The van der Waals surface area contributed by atoms with Crippen molar-refractivity contribution in [3.63, 3.8) is 0 Å². The lowest BCUT2D eigenvalue weighted by Gasteiger charge is -2.27. The molecule has 3 nitrogen and oxygen atoms in total.